The maximum atomic E-state index is 12.2. The number of aryl methyl sites for hydroxylation is 1. The first kappa shape index (κ1) is 15.1. The molecule has 1 aliphatic heterocycles. The summed E-state index contributed by atoms with van der Waals surface area (Å²) < 4.78 is 1.94. The van der Waals surface area contributed by atoms with E-state index in [2.05, 4.69) is 10.2 Å². The Morgan fingerprint density at radius 2 is 2.09 bits per heavy atom. The summed E-state index contributed by atoms with van der Waals surface area (Å²) in [5.74, 6) is 0.480. The van der Waals surface area contributed by atoms with E-state index >= 15 is 0 Å². The molecule has 0 spiro atoms. The van der Waals surface area contributed by atoms with Crippen molar-refractivity contribution in [2.75, 3.05) is 13.1 Å². The number of amides is 2. The Morgan fingerprint density at radius 3 is 2.73 bits per heavy atom. The van der Waals surface area contributed by atoms with E-state index in [4.69, 9.17) is 0 Å². The van der Waals surface area contributed by atoms with Crippen LogP contribution in [0.3, 0.4) is 0 Å². The van der Waals surface area contributed by atoms with Crippen LogP contribution in [-0.2, 0) is 11.8 Å². The fourth-order valence-corrected chi connectivity index (χ4v) is 3.70. The SMILES string of the molecule is Cc1c(C(=O)NC[C@@H]2CC(=O)N(C3CCCC3)C2)ccn1C. The third-order valence-corrected chi connectivity index (χ3v) is 5.18. The normalized spacial score (nSPS) is 22.5. The van der Waals surface area contributed by atoms with Crippen LogP contribution < -0.4 is 5.32 Å². The van der Waals surface area contributed by atoms with Gasteiger partial charge in [0.1, 0.15) is 0 Å². The maximum Gasteiger partial charge on any atom is 0.253 e. The highest BCUT2D eigenvalue weighted by atomic mass is 16.2. The monoisotopic (exact) mass is 303 g/mol. The molecular formula is C17H25N3O2. The minimum atomic E-state index is -0.0372. The summed E-state index contributed by atoms with van der Waals surface area (Å²) in [6.45, 7) is 3.33. The molecule has 1 aromatic rings. The van der Waals surface area contributed by atoms with Crippen molar-refractivity contribution < 1.29 is 9.59 Å². The zero-order chi connectivity index (χ0) is 15.7. The first-order valence-corrected chi connectivity index (χ1v) is 8.26. The number of nitrogens with zero attached hydrogens (tertiary/aromatic N) is 2. The van der Waals surface area contributed by atoms with Gasteiger partial charge in [-0.3, -0.25) is 9.59 Å². The van der Waals surface area contributed by atoms with Crippen LogP contribution in [0.5, 0.6) is 0 Å². The number of carbonyl (C=O) groups excluding carboxylic acids is 2. The average Bonchev–Trinajstić information content (AvgIpc) is 3.19. The van der Waals surface area contributed by atoms with Crippen LogP contribution >= 0.6 is 0 Å². The molecule has 0 radical (unpaired) electrons. The van der Waals surface area contributed by atoms with E-state index in [1.54, 1.807) is 0 Å². The average molecular weight is 303 g/mol. The van der Waals surface area contributed by atoms with Crippen LogP contribution in [0.15, 0.2) is 12.3 Å². The van der Waals surface area contributed by atoms with Crippen LogP contribution in [0.2, 0.25) is 0 Å². The van der Waals surface area contributed by atoms with Crippen LogP contribution in [-0.4, -0.2) is 40.4 Å². The first-order chi connectivity index (χ1) is 10.6. The molecule has 0 aromatic carbocycles. The first-order valence-electron chi connectivity index (χ1n) is 8.26. The molecule has 0 unspecified atom stereocenters. The predicted octanol–water partition coefficient (Wildman–Crippen LogP) is 1.85. The van der Waals surface area contributed by atoms with Gasteiger partial charge in [0.2, 0.25) is 5.91 Å². The summed E-state index contributed by atoms with van der Waals surface area (Å²) in [6, 6.07) is 2.29. The van der Waals surface area contributed by atoms with Gasteiger partial charge in [-0.2, -0.15) is 0 Å². The predicted molar refractivity (Wildman–Crippen MR) is 84.6 cm³/mol. The zero-order valence-corrected chi connectivity index (χ0v) is 13.5. The molecule has 3 rings (SSSR count). The van der Waals surface area contributed by atoms with Crippen molar-refractivity contribution in [1.29, 1.82) is 0 Å². The van der Waals surface area contributed by atoms with Gasteiger partial charge in [0.25, 0.3) is 5.91 Å². The van der Waals surface area contributed by atoms with Gasteiger partial charge in [-0.1, -0.05) is 12.8 Å². The van der Waals surface area contributed by atoms with E-state index in [0.29, 0.717) is 19.0 Å². The maximum absolute atomic E-state index is 12.2. The number of nitrogens with one attached hydrogen (secondary N) is 1. The van der Waals surface area contributed by atoms with Crippen molar-refractivity contribution in [3.8, 4) is 0 Å². The van der Waals surface area contributed by atoms with Crippen molar-refractivity contribution in [3.63, 3.8) is 0 Å². The number of likely N-dealkylation sites (tertiary alicyclic amines) is 1. The second-order valence-corrected chi connectivity index (χ2v) is 6.69. The minimum absolute atomic E-state index is 0.0372. The molecule has 2 amide bonds. The van der Waals surface area contributed by atoms with Gasteiger partial charge in [0.15, 0.2) is 0 Å². The van der Waals surface area contributed by atoms with Crippen molar-refractivity contribution in [2.24, 2.45) is 13.0 Å². The molecule has 2 aliphatic rings. The summed E-state index contributed by atoms with van der Waals surface area (Å²) in [5, 5.41) is 3.00. The molecule has 1 aromatic heterocycles. The quantitative estimate of drug-likeness (QED) is 0.923. The Balaban J connectivity index is 1.53. The summed E-state index contributed by atoms with van der Waals surface area (Å²) in [7, 11) is 1.93. The largest absolute Gasteiger partial charge is 0.354 e. The minimum Gasteiger partial charge on any atom is -0.354 e. The Labute approximate surface area is 131 Å². The number of carbonyl (C=O) groups is 2. The van der Waals surface area contributed by atoms with E-state index in [1.807, 2.05) is 30.8 Å². The lowest BCUT2D eigenvalue weighted by molar-refractivity contribution is -0.129. The number of hydrogen-bond donors (Lipinski definition) is 1. The van der Waals surface area contributed by atoms with Gasteiger partial charge in [0.05, 0.1) is 5.56 Å². The lowest BCUT2D eigenvalue weighted by Gasteiger charge is -2.24. The molecular weight excluding hydrogens is 278 g/mol. The lowest BCUT2D eigenvalue weighted by atomic mass is 10.1. The summed E-state index contributed by atoms with van der Waals surface area (Å²) in [4.78, 5) is 26.4. The van der Waals surface area contributed by atoms with Crippen molar-refractivity contribution in [1.82, 2.24) is 14.8 Å². The second kappa shape index (κ2) is 6.15. The van der Waals surface area contributed by atoms with Gasteiger partial charge in [0, 0.05) is 50.4 Å². The molecule has 2 fully saturated rings. The van der Waals surface area contributed by atoms with E-state index in [-0.39, 0.29) is 17.7 Å². The van der Waals surface area contributed by atoms with Gasteiger partial charge in [-0.05, 0) is 25.8 Å². The molecule has 1 atom stereocenters. The zero-order valence-electron chi connectivity index (χ0n) is 13.5. The molecule has 0 bridgehead atoms. The third-order valence-electron chi connectivity index (χ3n) is 5.18. The molecule has 5 nitrogen and oxygen atoms in total. The molecule has 1 aliphatic carbocycles. The van der Waals surface area contributed by atoms with Crippen LogP contribution in [0.25, 0.3) is 0 Å². The van der Waals surface area contributed by atoms with Crippen LogP contribution in [0.4, 0.5) is 0 Å². The smallest absolute Gasteiger partial charge is 0.253 e. The lowest BCUT2D eigenvalue weighted by Crippen LogP contribution is -2.36. The van der Waals surface area contributed by atoms with Crippen molar-refractivity contribution in [3.05, 3.63) is 23.5 Å². The van der Waals surface area contributed by atoms with Crippen LogP contribution in [0.1, 0.15) is 48.2 Å². The molecule has 120 valence electrons. The fraction of sp³-hybridized carbons (Fsp3) is 0.647. The Morgan fingerprint density at radius 1 is 1.36 bits per heavy atom. The number of aromatic nitrogens is 1. The Hall–Kier alpha value is -1.78. The number of hydrogen-bond acceptors (Lipinski definition) is 2. The number of rotatable bonds is 4. The van der Waals surface area contributed by atoms with E-state index < -0.39 is 0 Å². The van der Waals surface area contributed by atoms with Crippen LogP contribution in [0, 0.1) is 12.8 Å². The standard InChI is InChI=1S/C17H25N3O2/c1-12-15(7-8-19(12)2)17(22)18-10-13-9-16(21)20(11-13)14-5-3-4-6-14/h7-8,13-14H,3-6,9-11H2,1-2H3,(H,18,22)/t13-/m0/s1. The van der Waals surface area contributed by atoms with E-state index in [9.17, 15) is 9.59 Å². The molecule has 1 saturated heterocycles. The van der Waals surface area contributed by atoms with Gasteiger partial charge >= 0.3 is 0 Å². The topological polar surface area (TPSA) is 54.3 Å². The highest BCUT2D eigenvalue weighted by molar-refractivity contribution is 5.95. The molecule has 2 heterocycles. The van der Waals surface area contributed by atoms with Gasteiger partial charge < -0.3 is 14.8 Å². The molecule has 1 saturated carbocycles. The molecule has 22 heavy (non-hydrogen) atoms. The van der Waals surface area contributed by atoms with Gasteiger partial charge in [-0.15, -0.1) is 0 Å². The highest BCUT2D eigenvalue weighted by Gasteiger charge is 2.35. The summed E-state index contributed by atoms with van der Waals surface area (Å²) >= 11 is 0. The van der Waals surface area contributed by atoms with Gasteiger partial charge in [-0.25, -0.2) is 0 Å². The molecule has 1 N–H and O–H groups in total. The Kier molecular flexibility index (Phi) is 4.23. The van der Waals surface area contributed by atoms with Crippen molar-refractivity contribution >= 4 is 11.8 Å². The second-order valence-electron chi connectivity index (χ2n) is 6.69. The van der Waals surface area contributed by atoms with Crippen molar-refractivity contribution in [2.45, 2.75) is 45.1 Å². The third kappa shape index (κ3) is 2.89. The molecule has 5 heteroatoms. The fourth-order valence-electron chi connectivity index (χ4n) is 3.70. The highest BCUT2D eigenvalue weighted by Crippen LogP contribution is 2.29. The Bertz CT molecular complexity index is 572. The summed E-state index contributed by atoms with van der Waals surface area (Å²) in [6.07, 6.45) is 7.24. The van der Waals surface area contributed by atoms with E-state index in [0.717, 1.165) is 30.6 Å². The summed E-state index contributed by atoms with van der Waals surface area (Å²) in [5.41, 5.74) is 1.69. The van der Waals surface area contributed by atoms with E-state index in [1.165, 1.54) is 12.8 Å².